The molecule has 10 heteroatoms. The van der Waals surface area contributed by atoms with Crippen LogP contribution in [0.1, 0.15) is 17.0 Å². The minimum atomic E-state index is -0.328. The van der Waals surface area contributed by atoms with E-state index in [2.05, 4.69) is 15.1 Å². The van der Waals surface area contributed by atoms with Gasteiger partial charge in [-0.1, -0.05) is 29.8 Å². The fraction of sp³-hybridized carbons (Fsp3) is 0.360. The number of carbonyl (C=O) groups is 2. The molecule has 2 amide bonds. The number of nitrogens with zero attached hydrogens (tertiary/aromatic N) is 5. The molecule has 3 heterocycles. The van der Waals surface area contributed by atoms with Gasteiger partial charge in [0.25, 0.3) is 5.91 Å². The summed E-state index contributed by atoms with van der Waals surface area (Å²) in [7, 11) is 1.56. The summed E-state index contributed by atoms with van der Waals surface area (Å²) in [4.78, 5) is 31.2. The Kier molecular flexibility index (Phi) is 8.33. The van der Waals surface area contributed by atoms with Crippen LogP contribution in [0.5, 0.6) is 0 Å². The van der Waals surface area contributed by atoms with Crippen molar-refractivity contribution in [2.24, 2.45) is 0 Å². The van der Waals surface area contributed by atoms with E-state index in [4.69, 9.17) is 20.8 Å². The van der Waals surface area contributed by atoms with Crippen molar-refractivity contribution in [3.63, 3.8) is 0 Å². The van der Waals surface area contributed by atoms with Crippen molar-refractivity contribution in [3.05, 3.63) is 65.6 Å². The summed E-state index contributed by atoms with van der Waals surface area (Å²) in [5.41, 5.74) is 1.55. The van der Waals surface area contributed by atoms with Gasteiger partial charge in [-0.25, -0.2) is 0 Å². The standard InChI is InChI=1S/C25H28ClN5O4/c1-34-17-15-31(25(33)22-8-4-16-35-22)18-24(32)30-12-5-11-29(13-14-30)23-10-9-21(27-28-23)19-6-2-3-7-20(19)26/h2-4,6-10,16H,5,11-15,17-18H2,1H3. The van der Waals surface area contributed by atoms with Crippen molar-refractivity contribution in [3.8, 4) is 11.3 Å². The van der Waals surface area contributed by atoms with Gasteiger partial charge in [0.15, 0.2) is 11.6 Å². The van der Waals surface area contributed by atoms with Crippen LogP contribution < -0.4 is 4.90 Å². The highest BCUT2D eigenvalue weighted by atomic mass is 35.5. The summed E-state index contributed by atoms with van der Waals surface area (Å²) >= 11 is 6.27. The summed E-state index contributed by atoms with van der Waals surface area (Å²) in [5, 5.41) is 9.39. The molecular weight excluding hydrogens is 470 g/mol. The zero-order chi connectivity index (χ0) is 24.6. The van der Waals surface area contributed by atoms with Crippen LogP contribution in [-0.2, 0) is 9.53 Å². The van der Waals surface area contributed by atoms with Crippen molar-refractivity contribution in [2.45, 2.75) is 6.42 Å². The van der Waals surface area contributed by atoms with Crippen molar-refractivity contribution < 1.29 is 18.7 Å². The minimum absolute atomic E-state index is 0.0325. The second-order valence-corrected chi connectivity index (χ2v) is 8.58. The molecule has 0 atom stereocenters. The molecule has 2 aromatic heterocycles. The maximum atomic E-state index is 13.1. The van der Waals surface area contributed by atoms with Gasteiger partial charge in [-0.2, -0.15) is 0 Å². The number of rotatable bonds is 8. The monoisotopic (exact) mass is 497 g/mol. The van der Waals surface area contributed by atoms with E-state index >= 15 is 0 Å². The number of halogens is 1. The van der Waals surface area contributed by atoms with Crippen LogP contribution in [0.2, 0.25) is 5.02 Å². The second kappa shape index (κ2) is 11.8. The molecule has 1 aliphatic rings. The molecule has 1 aliphatic heterocycles. The molecule has 0 radical (unpaired) electrons. The van der Waals surface area contributed by atoms with E-state index in [1.807, 2.05) is 36.4 Å². The fourth-order valence-electron chi connectivity index (χ4n) is 3.98. The van der Waals surface area contributed by atoms with Crippen molar-refractivity contribution >= 4 is 29.2 Å². The summed E-state index contributed by atoms with van der Waals surface area (Å²) in [6, 6.07) is 14.6. The maximum Gasteiger partial charge on any atom is 0.290 e. The molecule has 0 aliphatic carbocycles. The molecule has 0 unspecified atom stereocenters. The van der Waals surface area contributed by atoms with E-state index in [-0.39, 0.29) is 24.1 Å². The normalized spacial score (nSPS) is 14.0. The van der Waals surface area contributed by atoms with Crippen LogP contribution in [0, 0.1) is 0 Å². The maximum absolute atomic E-state index is 13.1. The molecule has 3 aromatic rings. The third-order valence-corrected chi connectivity index (χ3v) is 6.21. The predicted octanol–water partition coefficient (Wildman–Crippen LogP) is 3.22. The highest BCUT2D eigenvalue weighted by Gasteiger charge is 2.25. The number of furan rings is 1. The van der Waals surface area contributed by atoms with Gasteiger partial charge in [-0.15, -0.1) is 10.2 Å². The molecule has 4 rings (SSSR count). The van der Waals surface area contributed by atoms with E-state index in [0.717, 1.165) is 24.3 Å². The zero-order valence-electron chi connectivity index (χ0n) is 19.6. The van der Waals surface area contributed by atoms with Crippen LogP contribution in [0.25, 0.3) is 11.3 Å². The molecule has 0 spiro atoms. The van der Waals surface area contributed by atoms with Gasteiger partial charge >= 0.3 is 0 Å². The van der Waals surface area contributed by atoms with Gasteiger partial charge in [0.2, 0.25) is 5.91 Å². The highest BCUT2D eigenvalue weighted by molar-refractivity contribution is 6.33. The highest BCUT2D eigenvalue weighted by Crippen LogP contribution is 2.26. The SMILES string of the molecule is COCCN(CC(=O)N1CCCN(c2ccc(-c3ccccc3Cl)nn2)CC1)C(=O)c1ccco1. The Balaban J connectivity index is 1.37. The Bertz CT molecular complexity index is 1120. The van der Waals surface area contributed by atoms with E-state index in [1.165, 1.54) is 11.2 Å². The molecule has 9 nitrogen and oxygen atoms in total. The first-order chi connectivity index (χ1) is 17.1. The molecule has 0 N–H and O–H groups in total. The summed E-state index contributed by atoms with van der Waals surface area (Å²) in [6.45, 7) is 3.10. The topological polar surface area (TPSA) is 92.0 Å². The lowest BCUT2D eigenvalue weighted by molar-refractivity contribution is -0.131. The molecule has 0 saturated carbocycles. The van der Waals surface area contributed by atoms with Crippen LogP contribution in [0.3, 0.4) is 0 Å². The quantitative estimate of drug-likeness (QED) is 0.472. The number of aromatic nitrogens is 2. The van der Waals surface area contributed by atoms with Crippen LogP contribution in [0.4, 0.5) is 5.82 Å². The minimum Gasteiger partial charge on any atom is -0.459 e. The van der Waals surface area contributed by atoms with E-state index in [1.54, 1.807) is 24.1 Å². The summed E-state index contributed by atoms with van der Waals surface area (Å²) in [5.74, 6) is 0.522. The number of amides is 2. The third-order valence-electron chi connectivity index (χ3n) is 5.88. The van der Waals surface area contributed by atoms with E-state index in [9.17, 15) is 9.59 Å². The summed E-state index contributed by atoms with van der Waals surface area (Å²) < 4.78 is 10.3. The number of methoxy groups -OCH3 is 1. The Morgan fingerprint density at radius 2 is 1.91 bits per heavy atom. The number of hydrogen-bond donors (Lipinski definition) is 0. The Hall–Kier alpha value is -3.43. The van der Waals surface area contributed by atoms with Crippen LogP contribution in [0.15, 0.2) is 59.2 Å². The first-order valence-electron chi connectivity index (χ1n) is 11.5. The average molecular weight is 498 g/mol. The van der Waals surface area contributed by atoms with Gasteiger partial charge in [0.1, 0.15) is 6.54 Å². The lowest BCUT2D eigenvalue weighted by Gasteiger charge is -2.26. The molecule has 1 saturated heterocycles. The molecule has 184 valence electrons. The Morgan fingerprint density at radius 1 is 1.06 bits per heavy atom. The van der Waals surface area contributed by atoms with Gasteiger partial charge in [0, 0.05) is 45.4 Å². The third kappa shape index (κ3) is 6.17. The number of carbonyl (C=O) groups excluding carboxylic acids is 2. The predicted molar refractivity (Wildman–Crippen MR) is 132 cm³/mol. The molecule has 0 bridgehead atoms. The van der Waals surface area contributed by atoms with Gasteiger partial charge < -0.3 is 23.9 Å². The Labute approximate surface area is 209 Å². The fourth-order valence-corrected chi connectivity index (χ4v) is 4.21. The smallest absolute Gasteiger partial charge is 0.290 e. The van der Waals surface area contributed by atoms with Crippen molar-refractivity contribution in [1.29, 1.82) is 0 Å². The molecule has 1 aromatic carbocycles. The largest absolute Gasteiger partial charge is 0.459 e. The number of hydrogen-bond acceptors (Lipinski definition) is 7. The van der Waals surface area contributed by atoms with E-state index < -0.39 is 0 Å². The first-order valence-corrected chi connectivity index (χ1v) is 11.9. The Morgan fingerprint density at radius 3 is 2.63 bits per heavy atom. The average Bonchev–Trinajstić information content (AvgIpc) is 3.31. The zero-order valence-corrected chi connectivity index (χ0v) is 20.4. The molecule has 35 heavy (non-hydrogen) atoms. The van der Waals surface area contributed by atoms with E-state index in [0.29, 0.717) is 43.5 Å². The van der Waals surface area contributed by atoms with Crippen LogP contribution >= 0.6 is 11.6 Å². The first kappa shape index (κ1) is 24.7. The number of ether oxygens (including phenoxy) is 1. The molecular formula is C25H28ClN5O4. The van der Waals surface area contributed by atoms with Crippen LogP contribution in [-0.4, -0.2) is 84.8 Å². The molecule has 1 fully saturated rings. The van der Waals surface area contributed by atoms with Gasteiger partial charge in [0.05, 0.1) is 23.6 Å². The lowest BCUT2D eigenvalue weighted by Crippen LogP contribution is -2.45. The number of benzene rings is 1. The number of anilines is 1. The van der Waals surface area contributed by atoms with Gasteiger partial charge in [-0.3, -0.25) is 9.59 Å². The van der Waals surface area contributed by atoms with Crippen molar-refractivity contribution in [2.75, 3.05) is 57.9 Å². The lowest BCUT2D eigenvalue weighted by atomic mass is 10.1. The second-order valence-electron chi connectivity index (χ2n) is 8.17. The van der Waals surface area contributed by atoms with Gasteiger partial charge in [-0.05, 0) is 36.8 Å². The summed E-state index contributed by atoms with van der Waals surface area (Å²) in [6.07, 6.45) is 2.22. The van der Waals surface area contributed by atoms with Crippen molar-refractivity contribution in [1.82, 2.24) is 20.0 Å².